The average Bonchev–Trinajstić information content (AvgIpc) is 1.79. The van der Waals surface area contributed by atoms with Crippen molar-refractivity contribution >= 4 is 0 Å². The zero-order valence-electron chi connectivity index (χ0n) is 5.84. The van der Waals surface area contributed by atoms with E-state index < -0.39 is 0 Å². The Labute approximate surface area is 56.9 Å². The maximum atomic E-state index is 5.72. The van der Waals surface area contributed by atoms with Crippen LogP contribution in [0, 0.1) is 0 Å². The monoisotopic (exact) mass is 125 g/mol. The van der Waals surface area contributed by atoms with Crippen LogP contribution in [0.15, 0.2) is 12.2 Å². The van der Waals surface area contributed by atoms with Gasteiger partial charge in [0.05, 0.1) is 0 Å². The van der Waals surface area contributed by atoms with Crippen molar-refractivity contribution in [3.8, 4) is 0 Å². The Morgan fingerprint density at radius 3 is 3.00 bits per heavy atom. The summed E-state index contributed by atoms with van der Waals surface area (Å²) in [5.74, 6) is 0. The molecule has 0 amide bonds. The Bertz CT molecular complexity index is 96.7. The van der Waals surface area contributed by atoms with Gasteiger partial charge in [-0.05, 0) is 19.3 Å². The Hall–Kier alpha value is -0.300. The summed E-state index contributed by atoms with van der Waals surface area (Å²) in [5, 5.41) is 0. The van der Waals surface area contributed by atoms with E-state index in [1.54, 1.807) is 0 Å². The van der Waals surface area contributed by atoms with Gasteiger partial charge in [-0.25, -0.2) is 0 Å². The van der Waals surface area contributed by atoms with Gasteiger partial charge in [0, 0.05) is 6.04 Å². The normalized spacial score (nSPS) is 29.2. The van der Waals surface area contributed by atoms with E-state index >= 15 is 0 Å². The zero-order valence-corrected chi connectivity index (χ0v) is 5.84. The lowest BCUT2D eigenvalue weighted by Crippen LogP contribution is -2.16. The van der Waals surface area contributed by atoms with Crippen molar-refractivity contribution < 1.29 is 0 Å². The summed E-state index contributed by atoms with van der Waals surface area (Å²) in [4.78, 5) is 0. The summed E-state index contributed by atoms with van der Waals surface area (Å²) in [6.45, 7) is 0. The first-order valence-electron chi connectivity index (χ1n) is 3.82. The van der Waals surface area contributed by atoms with Gasteiger partial charge in [-0.1, -0.05) is 25.0 Å². The van der Waals surface area contributed by atoms with Crippen molar-refractivity contribution in [3.63, 3.8) is 0 Å². The first-order valence-corrected chi connectivity index (χ1v) is 3.82. The van der Waals surface area contributed by atoms with E-state index in [1.165, 1.54) is 32.1 Å². The molecule has 0 fully saturated rings. The van der Waals surface area contributed by atoms with Crippen LogP contribution >= 0.6 is 0 Å². The minimum atomic E-state index is 0.338. The highest BCUT2D eigenvalue weighted by Crippen LogP contribution is 2.09. The van der Waals surface area contributed by atoms with Crippen molar-refractivity contribution in [3.05, 3.63) is 12.2 Å². The molecule has 1 aliphatic rings. The quantitative estimate of drug-likeness (QED) is 0.491. The second-order valence-electron chi connectivity index (χ2n) is 2.73. The van der Waals surface area contributed by atoms with Crippen LogP contribution in [0.4, 0.5) is 0 Å². The van der Waals surface area contributed by atoms with E-state index in [2.05, 4.69) is 12.2 Å². The molecule has 1 heteroatoms. The molecular formula is C8H15N. The van der Waals surface area contributed by atoms with Crippen LogP contribution in [-0.4, -0.2) is 6.04 Å². The van der Waals surface area contributed by atoms with Gasteiger partial charge in [0.1, 0.15) is 0 Å². The summed E-state index contributed by atoms with van der Waals surface area (Å²) in [6, 6.07) is 0.338. The van der Waals surface area contributed by atoms with Gasteiger partial charge in [-0.15, -0.1) is 0 Å². The molecule has 0 unspecified atom stereocenters. The van der Waals surface area contributed by atoms with Crippen LogP contribution in [0.25, 0.3) is 0 Å². The van der Waals surface area contributed by atoms with Gasteiger partial charge >= 0.3 is 0 Å². The zero-order chi connectivity index (χ0) is 6.53. The second-order valence-corrected chi connectivity index (χ2v) is 2.73. The fourth-order valence-corrected chi connectivity index (χ4v) is 1.19. The fourth-order valence-electron chi connectivity index (χ4n) is 1.19. The summed E-state index contributed by atoms with van der Waals surface area (Å²) in [5.41, 5.74) is 5.72. The van der Waals surface area contributed by atoms with Crippen LogP contribution in [-0.2, 0) is 0 Å². The first kappa shape index (κ1) is 6.81. The lowest BCUT2D eigenvalue weighted by atomic mass is 10.0. The highest BCUT2D eigenvalue weighted by molar-refractivity contribution is 4.92. The first-order chi connectivity index (χ1) is 4.39. The van der Waals surface area contributed by atoms with E-state index in [0.717, 1.165) is 0 Å². The van der Waals surface area contributed by atoms with E-state index in [0.29, 0.717) is 6.04 Å². The van der Waals surface area contributed by atoms with Crippen LogP contribution < -0.4 is 5.73 Å². The van der Waals surface area contributed by atoms with Crippen molar-refractivity contribution in [1.82, 2.24) is 0 Å². The Balaban J connectivity index is 2.30. The largest absolute Gasteiger partial charge is 0.324 e. The molecule has 1 rings (SSSR count). The second kappa shape index (κ2) is 3.67. The molecule has 9 heavy (non-hydrogen) atoms. The topological polar surface area (TPSA) is 26.0 Å². The van der Waals surface area contributed by atoms with Gasteiger partial charge in [0.25, 0.3) is 0 Å². The van der Waals surface area contributed by atoms with Gasteiger partial charge < -0.3 is 5.73 Å². The molecule has 0 aromatic heterocycles. The predicted octanol–water partition coefficient (Wildman–Crippen LogP) is 1.83. The standard InChI is InChI=1S/C8H15N/c9-8-6-4-2-1-3-5-7-8/h4,6,8H,1-3,5,7,9H2/t8-/m1/s1. The van der Waals surface area contributed by atoms with E-state index in [1.807, 2.05) is 0 Å². The van der Waals surface area contributed by atoms with Crippen LogP contribution in [0.3, 0.4) is 0 Å². The fraction of sp³-hybridized carbons (Fsp3) is 0.750. The molecule has 0 aliphatic heterocycles. The van der Waals surface area contributed by atoms with Crippen molar-refractivity contribution in [2.24, 2.45) is 5.73 Å². The van der Waals surface area contributed by atoms with Crippen molar-refractivity contribution in [1.29, 1.82) is 0 Å². The van der Waals surface area contributed by atoms with Gasteiger partial charge in [-0.2, -0.15) is 0 Å². The molecule has 0 spiro atoms. The van der Waals surface area contributed by atoms with Gasteiger partial charge in [-0.3, -0.25) is 0 Å². The SMILES string of the molecule is N[C@@H]1C=CCCCCC1. The molecule has 0 saturated heterocycles. The van der Waals surface area contributed by atoms with E-state index in [-0.39, 0.29) is 0 Å². The third-order valence-corrected chi connectivity index (χ3v) is 1.79. The third kappa shape index (κ3) is 2.66. The molecule has 1 atom stereocenters. The number of allylic oxidation sites excluding steroid dienone is 1. The van der Waals surface area contributed by atoms with Crippen LogP contribution in [0.2, 0.25) is 0 Å². The third-order valence-electron chi connectivity index (χ3n) is 1.79. The van der Waals surface area contributed by atoms with Gasteiger partial charge in [0.15, 0.2) is 0 Å². The highest BCUT2D eigenvalue weighted by atomic mass is 14.6. The molecular weight excluding hydrogens is 110 g/mol. The molecule has 0 heterocycles. The number of rotatable bonds is 0. The predicted molar refractivity (Wildman–Crippen MR) is 40.2 cm³/mol. The lowest BCUT2D eigenvalue weighted by Gasteiger charge is -2.08. The minimum Gasteiger partial charge on any atom is -0.324 e. The van der Waals surface area contributed by atoms with Crippen LogP contribution in [0.1, 0.15) is 32.1 Å². The smallest absolute Gasteiger partial charge is 0.0223 e. The lowest BCUT2D eigenvalue weighted by molar-refractivity contribution is 0.593. The Morgan fingerprint density at radius 2 is 2.11 bits per heavy atom. The maximum Gasteiger partial charge on any atom is 0.0223 e. The molecule has 0 saturated carbocycles. The molecule has 1 nitrogen and oxygen atoms in total. The summed E-state index contributed by atoms with van der Waals surface area (Å²) in [7, 11) is 0. The molecule has 0 bridgehead atoms. The van der Waals surface area contributed by atoms with Crippen molar-refractivity contribution in [2.75, 3.05) is 0 Å². The molecule has 1 aliphatic carbocycles. The molecule has 2 N–H and O–H groups in total. The minimum absolute atomic E-state index is 0.338. The highest BCUT2D eigenvalue weighted by Gasteiger charge is 1.98. The summed E-state index contributed by atoms with van der Waals surface area (Å²) < 4.78 is 0. The average molecular weight is 125 g/mol. The molecule has 0 aromatic rings. The molecule has 0 aromatic carbocycles. The van der Waals surface area contributed by atoms with E-state index in [4.69, 9.17) is 5.73 Å². The van der Waals surface area contributed by atoms with Crippen molar-refractivity contribution in [2.45, 2.75) is 38.1 Å². The molecule has 0 radical (unpaired) electrons. The number of nitrogens with two attached hydrogens (primary N) is 1. The molecule has 52 valence electrons. The number of hydrogen-bond acceptors (Lipinski definition) is 1. The Kier molecular flexibility index (Phi) is 2.78. The van der Waals surface area contributed by atoms with E-state index in [9.17, 15) is 0 Å². The summed E-state index contributed by atoms with van der Waals surface area (Å²) in [6.07, 6.45) is 10.8. The number of hydrogen-bond donors (Lipinski definition) is 1. The Morgan fingerprint density at radius 1 is 1.22 bits per heavy atom. The summed E-state index contributed by atoms with van der Waals surface area (Å²) >= 11 is 0. The maximum absolute atomic E-state index is 5.72. The van der Waals surface area contributed by atoms with Crippen LogP contribution in [0.5, 0.6) is 0 Å². The van der Waals surface area contributed by atoms with Gasteiger partial charge in [0.2, 0.25) is 0 Å².